The summed E-state index contributed by atoms with van der Waals surface area (Å²) in [6, 6.07) is 2.99. The average Bonchev–Trinajstić information content (AvgIpc) is 2.66. The van der Waals surface area contributed by atoms with Crippen molar-refractivity contribution in [3.8, 4) is 0 Å². The molecule has 0 radical (unpaired) electrons. The lowest BCUT2D eigenvalue weighted by atomic mass is 9.98. The third kappa shape index (κ3) is 5.39. The van der Waals surface area contributed by atoms with E-state index in [1.165, 1.54) is 48.5 Å². The molecule has 0 saturated carbocycles. The molecule has 0 aliphatic carbocycles. The fraction of sp³-hybridized carbons (Fsp3) is 0.778. The van der Waals surface area contributed by atoms with E-state index in [9.17, 15) is 0 Å². The number of hydrogen-bond acceptors (Lipinski definition) is 3. The van der Waals surface area contributed by atoms with Crippen molar-refractivity contribution in [1.29, 1.82) is 0 Å². The van der Waals surface area contributed by atoms with Crippen LogP contribution in [0.4, 0.5) is 0 Å². The standard InChI is InChI=1S/C18H32N2S/c1-5-16-7-6-9-20(10-8-16)13-17-11-18(21-15(17)4)12-19-14(2)3/h11,14,16,19H,5-10,12-13H2,1-4H3. The Morgan fingerprint density at radius 1 is 1.33 bits per heavy atom. The molecule has 0 amide bonds. The van der Waals surface area contributed by atoms with Crippen molar-refractivity contribution in [2.45, 2.75) is 72.5 Å². The fourth-order valence-corrected chi connectivity index (χ4v) is 4.17. The van der Waals surface area contributed by atoms with Crippen LogP contribution in [0.1, 0.15) is 61.8 Å². The minimum Gasteiger partial charge on any atom is -0.310 e. The third-order valence-electron chi connectivity index (χ3n) is 4.67. The van der Waals surface area contributed by atoms with Gasteiger partial charge in [-0.3, -0.25) is 4.90 Å². The van der Waals surface area contributed by atoms with Gasteiger partial charge < -0.3 is 5.32 Å². The topological polar surface area (TPSA) is 15.3 Å². The molecule has 1 unspecified atom stereocenters. The Morgan fingerprint density at radius 3 is 2.86 bits per heavy atom. The number of nitrogens with one attached hydrogen (secondary N) is 1. The maximum atomic E-state index is 3.53. The normalized spacial score (nSPS) is 20.9. The Kier molecular flexibility index (Phi) is 6.72. The lowest BCUT2D eigenvalue weighted by Gasteiger charge is -2.20. The van der Waals surface area contributed by atoms with Crippen LogP contribution in [0.5, 0.6) is 0 Å². The Hall–Kier alpha value is -0.380. The first-order valence-electron chi connectivity index (χ1n) is 8.62. The van der Waals surface area contributed by atoms with Crippen molar-refractivity contribution in [2.75, 3.05) is 13.1 Å². The van der Waals surface area contributed by atoms with Crippen LogP contribution in [0.3, 0.4) is 0 Å². The number of likely N-dealkylation sites (tertiary alicyclic amines) is 1. The van der Waals surface area contributed by atoms with Crippen molar-refractivity contribution in [1.82, 2.24) is 10.2 Å². The Bertz CT molecular complexity index is 425. The highest BCUT2D eigenvalue weighted by atomic mass is 32.1. The van der Waals surface area contributed by atoms with Crippen LogP contribution in [0.2, 0.25) is 0 Å². The zero-order chi connectivity index (χ0) is 15.2. The Morgan fingerprint density at radius 2 is 2.14 bits per heavy atom. The van der Waals surface area contributed by atoms with E-state index in [1.807, 2.05) is 11.3 Å². The van der Waals surface area contributed by atoms with Gasteiger partial charge in [0.15, 0.2) is 0 Å². The predicted octanol–water partition coefficient (Wildman–Crippen LogP) is 4.57. The van der Waals surface area contributed by atoms with Crippen LogP contribution in [0, 0.1) is 12.8 Å². The van der Waals surface area contributed by atoms with E-state index in [2.05, 4.69) is 44.0 Å². The van der Waals surface area contributed by atoms with Crippen molar-refractivity contribution in [3.63, 3.8) is 0 Å². The molecule has 1 atom stereocenters. The van der Waals surface area contributed by atoms with Gasteiger partial charge >= 0.3 is 0 Å². The first-order chi connectivity index (χ1) is 10.1. The van der Waals surface area contributed by atoms with Crippen molar-refractivity contribution < 1.29 is 0 Å². The molecule has 21 heavy (non-hydrogen) atoms. The van der Waals surface area contributed by atoms with Gasteiger partial charge in [-0.15, -0.1) is 11.3 Å². The van der Waals surface area contributed by atoms with Crippen LogP contribution < -0.4 is 5.32 Å². The van der Waals surface area contributed by atoms with Crippen molar-refractivity contribution in [3.05, 3.63) is 21.4 Å². The molecule has 1 saturated heterocycles. The molecule has 1 aromatic rings. The maximum absolute atomic E-state index is 3.53. The molecule has 2 nitrogen and oxygen atoms in total. The van der Waals surface area contributed by atoms with Gasteiger partial charge in [-0.25, -0.2) is 0 Å². The SMILES string of the molecule is CCC1CCCN(Cc2cc(CNC(C)C)sc2C)CC1. The molecule has 1 aromatic heterocycles. The van der Waals surface area contributed by atoms with Crippen molar-refractivity contribution in [2.24, 2.45) is 5.92 Å². The molecule has 1 aliphatic rings. The second-order valence-corrected chi connectivity index (χ2v) is 8.15. The summed E-state index contributed by atoms with van der Waals surface area (Å²) in [5.41, 5.74) is 1.55. The summed E-state index contributed by atoms with van der Waals surface area (Å²) in [5.74, 6) is 0.962. The van der Waals surface area contributed by atoms with E-state index >= 15 is 0 Å². The van der Waals surface area contributed by atoms with Crippen LogP contribution in [0.15, 0.2) is 6.07 Å². The zero-order valence-corrected chi connectivity index (χ0v) is 15.1. The van der Waals surface area contributed by atoms with Crippen LogP contribution >= 0.6 is 11.3 Å². The minimum atomic E-state index is 0.562. The molecule has 0 spiro atoms. The molecular formula is C18H32N2S. The molecule has 0 aromatic carbocycles. The zero-order valence-electron chi connectivity index (χ0n) is 14.2. The molecule has 3 heteroatoms. The smallest absolute Gasteiger partial charge is 0.0302 e. The molecule has 1 aliphatic heterocycles. The van der Waals surface area contributed by atoms with Gasteiger partial charge in [-0.05, 0) is 56.8 Å². The van der Waals surface area contributed by atoms with Gasteiger partial charge in [0.2, 0.25) is 0 Å². The summed E-state index contributed by atoms with van der Waals surface area (Å²) in [5, 5.41) is 3.53. The molecule has 2 heterocycles. The number of rotatable bonds is 6. The van der Waals surface area contributed by atoms with Gasteiger partial charge in [-0.1, -0.05) is 27.2 Å². The summed E-state index contributed by atoms with van der Waals surface area (Å²) in [4.78, 5) is 5.66. The summed E-state index contributed by atoms with van der Waals surface area (Å²) in [6.07, 6.45) is 5.56. The minimum absolute atomic E-state index is 0.562. The van der Waals surface area contributed by atoms with E-state index in [-0.39, 0.29) is 0 Å². The van der Waals surface area contributed by atoms with Crippen molar-refractivity contribution >= 4 is 11.3 Å². The molecular weight excluding hydrogens is 276 g/mol. The monoisotopic (exact) mass is 308 g/mol. The number of hydrogen-bond donors (Lipinski definition) is 1. The first-order valence-corrected chi connectivity index (χ1v) is 9.44. The highest BCUT2D eigenvalue weighted by molar-refractivity contribution is 7.12. The van der Waals surface area contributed by atoms with Gasteiger partial charge in [0, 0.05) is 28.9 Å². The van der Waals surface area contributed by atoms with E-state index in [0.29, 0.717) is 6.04 Å². The quantitative estimate of drug-likeness (QED) is 0.828. The van der Waals surface area contributed by atoms with E-state index in [0.717, 1.165) is 19.0 Å². The first kappa shape index (κ1) is 17.0. The van der Waals surface area contributed by atoms with E-state index in [4.69, 9.17) is 0 Å². The van der Waals surface area contributed by atoms with Gasteiger partial charge in [0.1, 0.15) is 0 Å². The number of thiophene rings is 1. The number of aryl methyl sites for hydroxylation is 1. The molecule has 1 fully saturated rings. The third-order valence-corrected chi connectivity index (χ3v) is 5.76. The molecule has 0 bridgehead atoms. The maximum Gasteiger partial charge on any atom is 0.0302 e. The fourth-order valence-electron chi connectivity index (χ4n) is 3.17. The Labute approximate surface area is 134 Å². The predicted molar refractivity (Wildman–Crippen MR) is 93.9 cm³/mol. The highest BCUT2D eigenvalue weighted by Crippen LogP contribution is 2.26. The molecule has 1 N–H and O–H groups in total. The highest BCUT2D eigenvalue weighted by Gasteiger charge is 2.17. The second-order valence-electron chi connectivity index (χ2n) is 6.81. The van der Waals surface area contributed by atoms with Crippen LogP contribution in [-0.4, -0.2) is 24.0 Å². The second kappa shape index (κ2) is 8.30. The summed E-state index contributed by atoms with van der Waals surface area (Å²) in [7, 11) is 0. The van der Waals surface area contributed by atoms with Crippen LogP contribution in [-0.2, 0) is 13.1 Å². The molecule has 120 valence electrons. The largest absolute Gasteiger partial charge is 0.310 e. The average molecular weight is 309 g/mol. The summed E-state index contributed by atoms with van der Waals surface area (Å²) in [6.45, 7) is 13.8. The molecule has 2 rings (SSSR count). The summed E-state index contributed by atoms with van der Waals surface area (Å²) < 4.78 is 0. The van der Waals surface area contributed by atoms with Gasteiger partial charge in [-0.2, -0.15) is 0 Å². The lowest BCUT2D eigenvalue weighted by Crippen LogP contribution is -2.24. The van der Waals surface area contributed by atoms with E-state index < -0.39 is 0 Å². The lowest BCUT2D eigenvalue weighted by molar-refractivity contribution is 0.272. The summed E-state index contributed by atoms with van der Waals surface area (Å²) >= 11 is 1.97. The Balaban J connectivity index is 1.90. The van der Waals surface area contributed by atoms with E-state index in [1.54, 1.807) is 5.56 Å². The van der Waals surface area contributed by atoms with Gasteiger partial charge in [0.25, 0.3) is 0 Å². The van der Waals surface area contributed by atoms with Crippen LogP contribution in [0.25, 0.3) is 0 Å². The van der Waals surface area contributed by atoms with Gasteiger partial charge in [0.05, 0.1) is 0 Å². The number of nitrogens with zero attached hydrogens (tertiary/aromatic N) is 1.